The number of hydrogen-bond acceptors (Lipinski definition) is 0. The third-order valence-electron chi connectivity index (χ3n) is 2.07. The average Bonchev–Trinajstić information content (AvgIpc) is 2.29. The second-order valence-corrected chi connectivity index (χ2v) is 3.15. The van der Waals surface area contributed by atoms with E-state index in [9.17, 15) is 0 Å². The van der Waals surface area contributed by atoms with Gasteiger partial charge in [-0.3, -0.25) is 0 Å². The van der Waals surface area contributed by atoms with E-state index in [1.54, 1.807) is 0 Å². The first kappa shape index (κ1) is 14.2. The van der Waals surface area contributed by atoms with Crippen LogP contribution in [0.5, 0.6) is 0 Å². The minimum atomic E-state index is 0. The normalized spacial score (nSPS) is 9.25. The molecule has 2 aromatic rings. The highest BCUT2D eigenvalue weighted by molar-refractivity contribution is 5.69. The standard InChI is InChI=1S/C14H12.2C/c1-3-7-13(8-4-1)11-12-14-9-5-2-6-10-14;;/h1-12H;;. The molecule has 0 aromatic heterocycles. The van der Waals surface area contributed by atoms with Crippen LogP contribution in [-0.2, 0) is 0 Å². The molecule has 76 valence electrons. The SMILES string of the molecule is C(=Cc1ccccc1)c1ccccc1.[C].[C]. The molecule has 8 radical (unpaired) electrons. The Morgan fingerprint density at radius 3 is 1.12 bits per heavy atom. The van der Waals surface area contributed by atoms with Gasteiger partial charge in [-0.05, 0) is 11.1 Å². The van der Waals surface area contributed by atoms with E-state index in [-0.39, 0.29) is 14.9 Å². The molecule has 0 fully saturated rings. The van der Waals surface area contributed by atoms with E-state index in [1.807, 2.05) is 36.4 Å². The van der Waals surface area contributed by atoms with Crippen molar-refractivity contribution in [2.24, 2.45) is 0 Å². The monoisotopic (exact) mass is 204 g/mol. The van der Waals surface area contributed by atoms with E-state index in [4.69, 9.17) is 0 Å². The van der Waals surface area contributed by atoms with Crippen molar-refractivity contribution in [3.8, 4) is 0 Å². The Hall–Kier alpha value is -1.82. The summed E-state index contributed by atoms with van der Waals surface area (Å²) in [6, 6.07) is 20.6. The third kappa shape index (κ3) is 4.14. The van der Waals surface area contributed by atoms with Gasteiger partial charge in [-0.1, -0.05) is 72.8 Å². The van der Waals surface area contributed by atoms with Crippen LogP contribution in [0.15, 0.2) is 60.7 Å². The average molecular weight is 204 g/mol. The van der Waals surface area contributed by atoms with Crippen LogP contribution >= 0.6 is 0 Å². The van der Waals surface area contributed by atoms with E-state index < -0.39 is 0 Å². The van der Waals surface area contributed by atoms with Crippen LogP contribution in [-0.4, -0.2) is 0 Å². The Bertz CT molecular complexity index is 357. The van der Waals surface area contributed by atoms with Gasteiger partial charge in [0.25, 0.3) is 0 Å². The minimum Gasteiger partial charge on any atom is -0.0622 e. The molecular weight excluding hydrogens is 192 g/mol. The molecule has 2 rings (SSSR count). The lowest BCUT2D eigenvalue weighted by atomic mass is 10.1. The molecule has 0 N–H and O–H groups in total. The van der Waals surface area contributed by atoms with Gasteiger partial charge in [-0.15, -0.1) is 0 Å². The van der Waals surface area contributed by atoms with Gasteiger partial charge in [0.1, 0.15) is 0 Å². The topological polar surface area (TPSA) is 0 Å². The molecule has 0 nitrogen and oxygen atoms in total. The Morgan fingerprint density at radius 2 is 0.812 bits per heavy atom. The van der Waals surface area contributed by atoms with Gasteiger partial charge < -0.3 is 0 Å². The molecule has 0 spiro atoms. The van der Waals surface area contributed by atoms with E-state index >= 15 is 0 Å². The van der Waals surface area contributed by atoms with Gasteiger partial charge in [0.2, 0.25) is 0 Å². The molecule has 0 heteroatoms. The van der Waals surface area contributed by atoms with Gasteiger partial charge in [-0.25, -0.2) is 0 Å². The van der Waals surface area contributed by atoms with E-state index in [1.165, 1.54) is 11.1 Å². The zero-order valence-corrected chi connectivity index (χ0v) is 8.93. The Balaban J connectivity index is 0.00000112. The van der Waals surface area contributed by atoms with Crippen LogP contribution in [0, 0.1) is 14.9 Å². The Kier molecular flexibility index (Phi) is 6.62. The van der Waals surface area contributed by atoms with Crippen LogP contribution in [0.4, 0.5) is 0 Å². The fourth-order valence-corrected chi connectivity index (χ4v) is 1.32. The summed E-state index contributed by atoms with van der Waals surface area (Å²) in [7, 11) is 0. The molecule has 0 heterocycles. The van der Waals surface area contributed by atoms with Crippen molar-refractivity contribution >= 4 is 12.2 Å². The highest BCUT2D eigenvalue weighted by Crippen LogP contribution is 2.06. The lowest BCUT2D eigenvalue weighted by Crippen LogP contribution is -1.70. The van der Waals surface area contributed by atoms with E-state index in [0.717, 1.165) is 0 Å². The van der Waals surface area contributed by atoms with Gasteiger partial charge in [-0.2, -0.15) is 0 Å². The summed E-state index contributed by atoms with van der Waals surface area (Å²) in [5.74, 6) is 0. The van der Waals surface area contributed by atoms with Gasteiger partial charge in [0, 0.05) is 14.9 Å². The highest BCUT2D eigenvalue weighted by atomic mass is 13.9. The summed E-state index contributed by atoms with van der Waals surface area (Å²) in [6.45, 7) is 0. The van der Waals surface area contributed by atoms with Crippen LogP contribution in [0.1, 0.15) is 11.1 Å². The van der Waals surface area contributed by atoms with Crippen molar-refractivity contribution in [3.05, 3.63) is 86.6 Å². The maximum atomic E-state index is 2.12. The van der Waals surface area contributed by atoms with Crippen molar-refractivity contribution in [3.63, 3.8) is 0 Å². The zero-order chi connectivity index (χ0) is 9.64. The Labute approximate surface area is 99.3 Å². The summed E-state index contributed by atoms with van der Waals surface area (Å²) in [5, 5.41) is 0. The third-order valence-corrected chi connectivity index (χ3v) is 2.07. The van der Waals surface area contributed by atoms with Crippen molar-refractivity contribution < 1.29 is 0 Å². The van der Waals surface area contributed by atoms with Crippen molar-refractivity contribution in [1.82, 2.24) is 0 Å². The molecule has 0 amide bonds. The fourth-order valence-electron chi connectivity index (χ4n) is 1.32. The predicted molar refractivity (Wildman–Crippen MR) is 68.3 cm³/mol. The molecule has 0 saturated carbocycles. The molecule has 0 atom stereocenters. The highest BCUT2D eigenvalue weighted by Gasteiger charge is 1.84. The molecule has 0 unspecified atom stereocenters. The number of hydrogen-bond donors (Lipinski definition) is 0. The molecule has 0 aliphatic heterocycles. The van der Waals surface area contributed by atoms with Gasteiger partial charge in [0.05, 0.1) is 0 Å². The van der Waals surface area contributed by atoms with Crippen LogP contribution in [0.25, 0.3) is 12.2 Å². The molecular formula is C16H12. The largest absolute Gasteiger partial charge is 0.0622 e. The second-order valence-electron chi connectivity index (χ2n) is 3.15. The first-order chi connectivity index (χ1) is 6.95. The number of rotatable bonds is 2. The maximum absolute atomic E-state index is 2.12. The smallest absolute Gasteiger partial charge is 0 e. The van der Waals surface area contributed by atoms with E-state index in [2.05, 4.69) is 36.4 Å². The fraction of sp³-hybridized carbons (Fsp3) is 0. The predicted octanol–water partition coefficient (Wildman–Crippen LogP) is 4.02. The number of benzene rings is 2. The zero-order valence-electron chi connectivity index (χ0n) is 8.93. The van der Waals surface area contributed by atoms with Crippen LogP contribution in [0.2, 0.25) is 0 Å². The lowest BCUT2D eigenvalue weighted by Gasteiger charge is -1.92. The second kappa shape index (κ2) is 7.47. The lowest BCUT2D eigenvalue weighted by molar-refractivity contribution is 1.65. The van der Waals surface area contributed by atoms with Crippen molar-refractivity contribution in [1.29, 1.82) is 0 Å². The molecule has 16 heavy (non-hydrogen) atoms. The van der Waals surface area contributed by atoms with Crippen LogP contribution in [0.3, 0.4) is 0 Å². The summed E-state index contributed by atoms with van der Waals surface area (Å²) >= 11 is 0. The quantitative estimate of drug-likeness (QED) is 0.648. The summed E-state index contributed by atoms with van der Waals surface area (Å²) in [6.07, 6.45) is 4.24. The molecule has 0 bridgehead atoms. The molecule has 2 aromatic carbocycles. The van der Waals surface area contributed by atoms with Gasteiger partial charge in [0.15, 0.2) is 0 Å². The van der Waals surface area contributed by atoms with Crippen molar-refractivity contribution in [2.45, 2.75) is 0 Å². The maximum Gasteiger partial charge on any atom is 0 e. The molecule has 0 aliphatic carbocycles. The Morgan fingerprint density at radius 1 is 0.500 bits per heavy atom. The molecule has 0 saturated heterocycles. The summed E-state index contributed by atoms with van der Waals surface area (Å²) in [5.41, 5.74) is 2.47. The first-order valence-corrected chi connectivity index (χ1v) is 4.73. The summed E-state index contributed by atoms with van der Waals surface area (Å²) < 4.78 is 0. The first-order valence-electron chi connectivity index (χ1n) is 4.73. The van der Waals surface area contributed by atoms with Crippen LogP contribution < -0.4 is 0 Å². The minimum absolute atomic E-state index is 0. The van der Waals surface area contributed by atoms with E-state index in [0.29, 0.717) is 0 Å². The van der Waals surface area contributed by atoms with Crippen molar-refractivity contribution in [2.75, 3.05) is 0 Å². The van der Waals surface area contributed by atoms with Gasteiger partial charge >= 0.3 is 0 Å². The summed E-state index contributed by atoms with van der Waals surface area (Å²) in [4.78, 5) is 0. The molecule has 0 aliphatic rings.